The topological polar surface area (TPSA) is 48.5 Å². The summed E-state index contributed by atoms with van der Waals surface area (Å²) in [6, 6.07) is 20.7. The third-order valence-electron chi connectivity index (χ3n) is 6.04. The number of aromatic nitrogens is 1. The van der Waals surface area contributed by atoms with Gasteiger partial charge in [-0.1, -0.05) is 37.6 Å². The minimum Gasteiger partial charge on any atom is -0.353 e. The lowest BCUT2D eigenvalue weighted by Crippen LogP contribution is -2.49. The second-order valence-corrected chi connectivity index (χ2v) is 9.33. The number of benzene rings is 2. The molecule has 5 nitrogen and oxygen atoms in total. The van der Waals surface area contributed by atoms with E-state index in [9.17, 15) is 4.79 Å². The zero-order valence-corrected chi connectivity index (χ0v) is 20.3. The van der Waals surface area contributed by atoms with Crippen molar-refractivity contribution in [3.05, 3.63) is 83.6 Å². The Bertz CT molecular complexity index is 1050. The van der Waals surface area contributed by atoms with E-state index in [1.807, 2.05) is 48.4 Å². The van der Waals surface area contributed by atoms with E-state index < -0.39 is 0 Å². The van der Waals surface area contributed by atoms with Gasteiger partial charge in [-0.25, -0.2) is 4.98 Å². The highest BCUT2D eigenvalue weighted by Crippen LogP contribution is 2.25. The first-order valence-corrected chi connectivity index (χ1v) is 12.5. The van der Waals surface area contributed by atoms with Crippen molar-refractivity contribution in [1.82, 2.24) is 9.88 Å². The summed E-state index contributed by atoms with van der Waals surface area (Å²) in [6.07, 6.45) is 5.38. The van der Waals surface area contributed by atoms with Gasteiger partial charge in [0.25, 0.3) is 5.91 Å². The van der Waals surface area contributed by atoms with Crippen LogP contribution in [-0.2, 0) is 6.42 Å². The van der Waals surface area contributed by atoms with Crippen molar-refractivity contribution in [3.63, 3.8) is 0 Å². The second-order valence-electron chi connectivity index (χ2n) is 8.45. The molecule has 1 saturated heterocycles. The second kappa shape index (κ2) is 11.2. The van der Waals surface area contributed by atoms with Crippen LogP contribution in [0.5, 0.6) is 0 Å². The van der Waals surface area contributed by atoms with E-state index in [4.69, 9.17) is 0 Å². The molecule has 1 N–H and O–H groups in total. The van der Waals surface area contributed by atoms with E-state index in [0.717, 1.165) is 47.0 Å². The molecule has 1 fully saturated rings. The molecule has 0 unspecified atom stereocenters. The quantitative estimate of drug-likeness (QED) is 0.430. The summed E-state index contributed by atoms with van der Waals surface area (Å²) in [5.41, 5.74) is 4.23. The fraction of sp³-hybridized carbons (Fsp3) is 0.333. The fourth-order valence-electron chi connectivity index (χ4n) is 3.98. The molecule has 4 rings (SSSR count). The Morgan fingerprint density at radius 3 is 2.52 bits per heavy atom. The Morgan fingerprint density at radius 1 is 1.03 bits per heavy atom. The van der Waals surface area contributed by atoms with Gasteiger partial charge in [0.1, 0.15) is 5.82 Å². The third kappa shape index (κ3) is 6.08. The predicted molar refractivity (Wildman–Crippen MR) is 138 cm³/mol. The largest absolute Gasteiger partial charge is 0.353 e. The number of carbonyl (C=O) groups is 1. The smallest absolute Gasteiger partial charge is 0.254 e. The molecule has 1 amide bonds. The summed E-state index contributed by atoms with van der Waals surface area (Å²) >= 11 is 1.54. The zero-order valence-electron chi connectivity index (χ0n) is 19.5. The summed E-state index contributed by atoms with van der Waals surface area (Å²) in [6.45, 7) is 7.23. The lowest BCUT2D eigenvalue weighted by molar-refractivity contribution is 0.0745. The SMILES string of the molecule is CCCCc1ccc(NSc2ccc(C)c(C(=O)N3CCN(c4ccccn4)CC3)c2)cc1. The molecule has 2 heterocycles. The zero-order chi connectivity index (χ0) is 23.0. The van der Waals surface area contributed by atoms with Crippen molar-refractivity contribution in [2.24, 2.45) is 0 Å². The van der Waals surface area contributed by atoms with Crippen LogP contribution in [0, 0.1) is 6.92 Å². The average Bonchev–Trinajstić information content (AvgIpc) is 2.88. The van der Waals surface area contributed by atoms with Crippen LogP contribution in [0.2, 0.25) is 0 Å². The van der Waals surface area contributed by atoms with Crippen LogP contribution in [0.3, 0.4) is 0 Å². The number of aryl methyl sites for hydroxylation is 2. The number of anilines is 2. The maximum Gasteiger partial charge on any atom is 0.254 e. The summed E-state index contributed by atoms with van der Waals surface area (Å²) in [4.78, 5) is 22.9. The standard InChI is InChI=1S/C27H32N4OS/c1-3-4-7-22-10-12-23(13-11-22)29-33-24-14-9-21(2)25(20-24)27(32)31-18-16-30(17-19-31)26-8-5-6-15-28-26/h5-6,8-15,20,29H,3-4,7,16-19H2,1-2H3. The Hall–Kier alpha value is -2.99. The molecule has 6 heteroatoms. The molecule has 0 saturated carbocycles. The van der Waals surface area contributed by atoms with Gasteiger partial charge in [-0.3, -0.25) is 4.79 Å². The van der Waals surface area contributed by atoms with Crippen LogP contribution in [0.4, 0.5) is 11.5 Å². The van der Waals surface area contributed by atoms with Crippen LogP contribution in [0.25, 0.3) is 0 Å². The number of nitrogens with one attached hydrogen (secondary N) is 1. The third-order valence-corrected chi connectivity index (χ3v) is 6.87. The van der Waals surface area contributed by atoms with Crippen LogP contribution in [0.15, 0.2) is 71.8 Å². The van der Waals surface area contributed by atoms with Crippen LogP contribution < -0.4 is 9.62 Å². The lowest BCUT2D eigenvalue weighted by atomic mass is 10.1. The minimum absolute atomic E-state index is 0.107. The molecule has 2 aromatic carbocycles. The van der Waals surface area contributed by atoms with Gasteiger partial charge in [0, 0.05) is 48.5 Å². The van der Waals surface area contributed by atoms with E-state index in [1.54, 1.807) is 11.9 Å². The van der Waals surface area contributed by atoms with Crippen molar-refractivity contribution >= 4 is 29.4 Å². The van der Waals surface area contributed by atoms with Gasteiger partial charge in [-0.2, -0.15) is 0 Å². The number of amides is 1. The van der Waals surface area contributed by atoms with Gasteiger partial charge in [-0.15, -0.1) is 0 Å². The average molecular weight is 461 g/mol. The molecule has 33 heavy (non-hydrogen) atoms. The van der Waals surface area contributed by atoms with Crippen LogP contribution >= 0.6 is 11.9 Å². The Kier molecular flexibility index (Phi) is 7.89. The van der Waals surface area contributed by atoms with Gasteiger partial charge in [0.05, 0.1) is 0 Å². The number of hydrogen-bond donors (Lipinski definition) is 1. The van der Waals surface area contributed by atoms with E-state index in [2.05, 4.69) is 51.9 Å². The van der Waals surface area contributed by atoms with E-state index in [0.29, 0.717) is 13.1 Å². The van der Waals surface area contributed by atoms with Crippen molar-refractivity contribution in [1.29, 1.82) is 0 Å². The molecule has 1 aromatic heterocycles. The highest BCUT2D eigenvalue weighted by Gasteiger charge is 2.24. The van der Waals surface area contributed by atoms with Gasteiger partial charge in [0.15, 0.2) is 0 Å². The fourth-order valence-corrected chi connectivity index (χ4v) is 4.67. The Balaban J connectivity index is 1.35. The molecule has 0 spiro atoms. The maximum atomic E-state index is 13.3. The first kappa shape index (κ1) is 23.2. The number of rotatable bonds is 8. The van der Waals surface area contributed by atoms with Gasteiger partial charge in [-0.05, 0) is 79.2 Å². The number of unbranched alkanes of at least 4 members (excludes halogenated alkanes) is 1. The summed E-state index contributed by atoms with van der Waals surface area (Å²) in [5, 5.41) is 0. The Morgan fingerprint density at radius 2 is 1.82 bits per heavy atom. The number of carbonyl (C=O) groups excluding carboxylic acids is 1. The number of nitrogens with zero attached hydrogens (tertiary/aromatic N) is 3. The molecular formula is C27H32N4OS. The van der Waals surface area contributed by atoms with Gasteiger partial charge >= 0.3 is 0 Å². The maximum absolute atomic E-state index is 13.3. The molecule has 1 aliphatic heterocycles. The highest BCUT2D eigenvalue weighted by atomic mass is 32.2. The van der Waals surface area contributed by atoms with E-state index in [-0.39, 0.29) is 5.91 Å². The minimum atomic E-state index is 0.107. The molecule has 0 aliphatic carbocycles. The molecule has 1 aliphatic rings. The van der Waals surface area contributed by atoms with Crippen LogP contribution in [0.1, 0.15) is 41.3 Å². The lowest BCUT2D eigenvalue weighted by Gasteiger charge is -2.35. The van der Waals surface area contributed by atoms with Crippen molar-refractivity contribution in [3.8, 4) is 0 Å². The Labute approximate surface area is 201 Å². The summed E-state index contributed by atoms with van der Waals surface area (Å²) in [7, 11) is 0. The highest BCUT2D eigenvalue weighted by molar-refractivity contribution is 8.00. The van der Waals surface area contributed by atoms with E-state index in [1.165, 1.54) is 18.4 Å². The number of piperazine rings is 1. The molecule has 0 atom stereocenters. The first-order valence-electron chi connectivity index (χ1n) is 11.7. The van der Waals surface area contributed by atoms with Gasteiger partial charge in [0.2, 0.25) is 0 Å². The number of pyridine rings is 1. The molecule has 0 bridgehead atoms. The normalized spacial score (nSPS) is 13.8. The van der Waals surface area contributed by atoms with Gasteiger partial charge < -0.3 is 14.5 Å². The number of hydrogen-bond acceptors (Lipinski definition) is 5. The van der Waals surface area contributed by atoms with E-state index >= 15 is 0 Å². The molecule has 0 radical (unpaired) electrons. The van der Waals surface area contributed by atoms with Crippen molar-refractivity contribution in [2.75, 3.05) is 35.8 Å². The first-order chi connectivity index (χ1) is 16.1. The molecular weight excluding hydrogens is 428 g/mol. The molecule has 3 aromatic rings. The predicted octanol–water partition coefficient (Wildman–Crippen LogP) is 5.81. The summed E-state index contributed by atoms with van der Waals surface area (Å²) in [5.74, 6) is 1.08. The molecule has 172 valence electrons. The van der Waals surface area contributed by atoms with Crippen molar-refractivity contribution < 1.29 is 4.79 Å². The van der Waals surface area contributed by atoms with Crippen molar-refractivity contribution in [2.45, 2.75) is 38.0 Å². The monoisotopic (exact) mass is 460 g/mol. The summed E-state index contributed by atoms with van der Waals surface area (Å²) < 4.78 is 3.41. The van der Waals surface area contributed by atoms with Crippen LogP contribution in [-0.4, -0.2) is 42.0 Å².